The van der Waals surface area contributed by atoms with Crippen molar-refractivity contribution in [3.05, 3.63) is 64.9 Å². The summed E-state index contributed by atoms with van der Waals surface area (Å²) in [6, 6.07) is 8.68. The van der Waals surface area contributed by atoms with Crippen LogP contribution < -0.4 is 5.32 Å². The molecule has 0 unspecified atom stereocenters. The normalized spacial score (nSPS) is 10.9. The summed E-state index contributed by atoms with van der Waals surface area (Å²) in [5.41, 5.74) is 0.0375. The lowest BCUT2D eigenvalue weighted by molar-refractivity contribution is -0.383. The monoisotopic (exact) mass is 385 g/mol. The molecule has 0 aliphatic carbocycles. The zero-order valence-electron chi connectivity index (χ0n) is 13.2. The number of nitro groups is 1. The van der Waals surface area contributed by atoms with E-state index in [0.717, 1.165) is 20.4 Å². The van der Waals surface area contributed by atoms with Crippen LogP contribution in [0.5, 0.6) is 0 Å². The predicted molar refractivity (Wildman–Crippen MR) is 98.5 cm³/mol. The molecule has 10 heteroatoms. The fourth-order valence-corrected chi connectivity index (χ4v) is 4.23. The Hall–Kier alpha value is -2.98. The zero-order valence-corrected chi connectivity index (χ0v) is 14.8. The highest BCUT2D eigenvalue weighted by Crippen LogP contribution is 2.38. The van der Waals surface area contributed by atoms with Gasteiger partial charge in [0, 0.05) is 28.7 Å². The van der Waals surface area contributed by atoms with Crippen molar-refractivity contribution in [2.45, 2.75) is 15.8 Å². The van der Waals surface area contributed by atoms with Crippen molar-refractivity contribution in [1.82, 2.24) is 15.2 Å². The van der Waals surface area contributed by atoms with Crippen molar-refractivity contribution in [2.75, 3.05) is 5.32 Å². The molecule has 4 rings (SSSR count). The SMILES string of the molecule is O=[N+]([O-])c1ccc(Sc2nnc(NCc3ccco3)s2)c2ccncc12. The van der Waals surface area contributed by atoms with Gasteiger partial charge in [0.05, 0.1) is 23.1 Å². The number of furan rings is 1. The summed E-state index contributed by atoms with van der Waals surface area (Å²) < 4.78 is 6.00. The van der Waals surface area contributed by atoms with Crippen molar-refractivity contribution >= 4 is 44.7 Å². The summed E-state index contributed by atoms with van der Waals surface area (Å²) in [5.74, 6) is 0.809. The smallest absolute Gasteiger partial charge is 0.278 e. The first kappa shape index (κ1) is 16.5. The minimum Gasteiger partial charge on any atom is -0.467 e. The maximum absolute atomic E-state index is 11.2. The third-order valence-corrected chi connectivity index (χ3v) is 5.56. The number of anilines is 1. The van der Waals surface area contributed by atoms with E-state index in [1.165, 1.54) is 35.4 Å². The zero-order chi connectivity index (χ0) is 17.9. The highest BCUT2D eigenvalue weighted by atomic mass is 32.2. The molecule has 0 saturated heterocycles. The van der Waals surface area contributed by atoms with Crippen LogP contribution in [0.1, 0.15) is 5.76 Å². The molecule has 0 aliphatic rings. The van der Waals surface area contributed by atoms with Gasteiger partial charge in [-0.3, -0.25) is 15.1 Å². The highest BCUT2D eigenvalue weighted by Gasteiger charge is 2.16. The molecule has 26 heavy (non-hydrogen) atoms. The van der Waals surface area contributed by atoms with Crippen LogP contribution in [0.25, 0.3) is 10.8 Å². The van der Waals surface area contributed by atoms with Crippen LogP contribution in [0, 0.1) is 10.1 Å². The van der Waals surface area contributed by atoms with Gasteiger partial charge in [-0.15, -0.1) is 10.2 Å². The molecule has 130 valence electrons. The van der Waals surface area contributed by atoms with Gasteiger partial charge in [0.25, 0.3) is 5.69 Å². The van der Waals surface area contributed by atoms with E-state index in [1.807, 2.05) is 12.1 Å². The largest absolute Gasteiger partial charge is 0.467 e. The number of aromatic nitrogens is 3. The van der Waals surface area contributed by atoms with Crippen molar-refractivity contribution in [1.29, 1.82) is 0 Å². The van der Waals surface area contributed by atoms with Crippen LogP contribution in [0.3, 0.4) is 0 Å². The fourth-order valence-electron chi connectivity index (χ4n) is 2.39. The van der Waals surface area contributed by atoms with Gasteiger partial charge in [-0.1, -0.05) is 23.1 Å². The van der Waals surface area contributed by atoms with E-state index >= 15 is 0 Å². The number of fused-ring (bicyclic) bond motifs is 1. The Labute approximate surface area is 155 Å². The second-order valence-electron chi connectivity index (χ2n) is 5.17. The topological polar surface area (TPSA) is 107 Å². The van der Waals surface area contributed by atoms with Crippen LogP contribution in [0.4, 0.5) is 10.8 Å². The number of hydrogen-bond donors (Lipinski definition) is 1. The summed E-state index contributed by atoms with van der Waals surface area (Å²) in [7, 11) is 0. The molecule has 0 aliphatic heterocycles. The number of hydrogen-bond acceptors (Lipinski definition) is 9. The third kappa shape index (κ3) is 3.37. The molecule has 0 amide bonds. The van der Waals surface area contributed by atoms with E-state index in [9.17, 15) is 10.1 Å². The quantitative estimate of drug-likeness (QED) is 0.385. The third-order valence-electron chi connectivity index (χ3n) is 3.55. The van der Waals surface area contributed by atoms with Gasteiger partial charge in [0.15, 0.2) is 4.34 Å². The Morgan fingerprint density at radius 1 is 1.23 bits per heavy atom. The van der Waals surface area contributed by atoms with E-state index in [0.29, 0.717) is 17.1 Å². The molecule has 0 bridgehead atoms. The summed E-state index contributed by atoms with van der Waals surface area (Å²) in [6.07, 6.45) is 4.74. The average molecular weight is 385 g/mol. The van der Waals surface area contributed by atoms with Crippen LogP contribution >= 0.6 is 23.1 Å². The van der Waals surface area contributed by atoms with Gasteiger partial charge in [-0.25, -0.2) is 0 Å². The molecule has 0 radical (unpaired) electrons. The van der Waals surface area contributed by atoms with Crippen molar-refractivity contribution in [3.63, 3.8) is 0 Å². The van der Waals surface area contributed by atoms with Crippen molar-refractivity contribution in [3.8, 4) is 0 Å². The van der Waals surface area contributed by atoms with E-state index in [4.69, 9.17) is 4.42 Å². The molecule has 0 saturated carbocycles. The molecular weight excluding hydrogens is 374 g/mol. The molecule has 0 atom stereocenters. The molecule has 1 N–H and O–H groups in total. The van der Waals surface area contributed by atoms with Crippen LogP contribution in [-0.2, 0) is 6.54 Å². The molecule has 1 aromatic carbocycles. The predicted octanol–water partition coefficient (Wildman–Crippen LogP) is 4.35. The van der Waals surface area contributed by atoms with Gasteiger partial charge >= 0.3 is 0 Å². The first-order chi connectivity index (χ1) is 12.7. The lowest BCUT2D eigenvalue weighted by Crippen LogP contribution is -1.96. The average Bonchev–Trinajstić information content (AvgIpc) is 3.31. The van der Waals surface area contributed by atoms with E-state index in [2.05, 4.69) is 20.5 Å². The summed E-state index contributed by atoms with van der Waals surface area (Å²) in [4.78, 5) is 15.7. The van der Waals surface area contributed by atoms with E-state index in [-0.39, 0.29) is 5.69 Å². The molecule has 0 fully saturated rings. The van der Waals surface area contributed by atoms with Crippen molar-refractivity contribution in [2.24, 2.45) is 0 Å². The van der Waals surface area contributed by atoms with E-state index in [1.54, 1.807) is 24.6 Å². The standard InChI is InChI=1S/C16H11N5O3S2/c22-21(23)13-3-4-14(11-5-6-17-9-12(11)13)25-16-20-19-15(26-16)18-8-10-2-1-7-24-10/h1-7,9H,8H2,(H,18,19). The van der Waals surface area contributed by atoms with Gasteiger partial charge < -0.3 is 9.73 Å². The van der Waals surface area contributed by atoms with Crippen molar-refractivity contribution < 1.29 is 9.34 Å². The summed E-state index contributed by atoms with van der Waals surface area (Å²) in [6.45, 7) is 0.526. The Kier molecular flexibility index (Phi) is 4.50. The Morgan fingerprint density at radius 2 is 2.15 bits per heavy atom. The highest BCUT2D eigenvalue weighted by molar-refractivity contribution is 8.01. The van der Waals surface area contributed by atoms with Crippen LogP contribution in [-0.4, -0.2) is 20.1 Å². The minimum atomic E-state index is -0.403. The molecule has 4 aromatic rings. The van der Waals surface area contributed by atoms with Gasteiger partial charge in [-0.05, 0) is 24.3 Å². The number of nitro benzene ring substituents is 1. The lowest BCUT2D eigenvalue weighted by atomic mass is 10.1. The second kappa shape index (κ2) is 7.10. The number of pyridine rings is 1. The first-order valence-corrected chi connectivity index (χ1v) is 9.13. The number of nitrogens with zero attached hydrogens (tertiary/aromatic N) is 4. The fraction of sp³-hybridized carbons (Fsp3) is 0.0625. The molecule has 3 aromatic heterocycles. The summed E-state index contributed by atoms with van der Waals surface area (Å²) in [5, 5.41) is 24.6. The number of nitrogens with one attached hydrogen (secondary N) is 1. The molecule has 8 nitrogen and oxygen atoms in total. The number of rotatable bonds is 6. The van der Waals surface area contributed by atoms with Crippen LogP contribution in [0.15, 0.2) is 62.6 Å². The lowest BCUT2D eigenvalue weighted by Gasteiger charge is -2.04. The maximum Gasteiger partial charge on any atom is 0.278 e. The molecule has 3 heterocycles. The Bertz CT molecular complexity index is 1060. The molecule has 0 spiro atoms. The first-order valence-electron chi connectivity index (χ1n) is 7.49. The summed E-state index contributed by atoms with van der Waals surface area (Å²) >= 11 is 2.82. The Morgan fingerprint density at radius 3 is 2.96 bits per heavy atom. The van der Waals surface area contributed by atoms with Crippen LogP contribution in [0.2, 0.25) is 0 Å². The minimum absolute atomic E-state index is 0.0375. The molecular formula is C16H11N5O3S2. The maximum atomic E-state index is 11.2. The number of benzene rings is 1. The second-order valence-corrected chi connectivity index (χ2v) is 7.44. The van der Waals surface area contributed by atoms with Gasteiger partial charge in [-0.2, -0.15) is 0 Å². The van der Waals surface area contributed by atoms with E-state index < -0.39 is 4.92 Å². The van der Waals surface area contributed by atoms with Gasteiger partial charge in [0.1, 0.15) is 5.76 Å². The Balaban J connectivity index is 1.56. The van der Waals surface area contributed by atoms with Gasteiger partial charge in [0.2, 0.25) is 5.13 Å². The number of non-ortho nitro benzene ring substituents is 1.